The van der Waals surface area contributed by atoms with Gasteiger partial charge in [0, 0.05) is 13.5 Å². The number of rotatable bonds is 7. The minimum absolute atomic E-state index is 0.155. The number of hydrogen-bond donors (Lipinski definition) is 0. The summed E-state index contributed by atoms with van der Waals surface area (Å²) in [6.45, 7) is -0.357. The summed E-state index contributed by atoms with van der Waals surface area (Å²) in [5.41, 5.74) is 0. The zero-order chi connectivity index (χ0) is 13.0. The number of alkyl halides is 6. The average molecular weight is 252 g/mol. The lowest BCUT2D eigenvalue weighted by molar-refractivity contribution is -0.313. The summed E-state index contributed by atoms with van der Waals surface area (Å²) >= 11 is 0. The van der Waals surface area contributed by atoms with Crippen molar-refractivity contribution in [2.75, 3.05) is 13.2 Å². The average Bonchev–Trinajstić information content (AvgIpc) is 2.10. The maximum Gasteiger partial charge on any atom is 0.373 e. The van der Waals surface area contributed by atoms with E-state index in [1.54, 1.807) is 6.92 Å². The SMILES string of the molecule is CCCCOCC(F)(F)C(F)(F)C(C)(F)F. The fourth-order valence-corrected chi connectivity index (χ4v) is 0.859. The predicted molar refractivity (Wildman–Crippen MR) is 46.2 cm³/mol. The molecule has 0 heterocycles. The van der Waals surface area contributed by atoms with Gasteiger partial charge in [-0.3, -0.25) is 0 Å². The molecule has 0 aromatic rings. The first-order chi connectivity index (χ1) is 7.06. The Morgan fingerprint density at radius 3 is 1.88 bits per heavy atom. The summed E-state index contributed by atoms with van der Waals surface area (Å²) in [6, 6.07) is 0. The smallest absolute Gasteiger partial charge is 0.373 e. The van der Waals surface area contributed by atoms with Crippen LogP contribution in [0.5, 0.6) is 0 Å². The molecule has 0 saturated heterocycles. The highest BCUT2D eigenvalue weighted by Crippen LogP contribution is 2.45. The molecule has 0 aliphatic rings. The molecule has 1 nitrogen and oxygen atoms in total. The lowest BCUT2D eigenvalue weighted by Gasteiger charge is -2.30. The Morgan fingerprint density at radius 2 is 1.50 bits per heavy atom. The highest BCUT2D eigenvalue weighted by atomic mass is 19.3. The molecule has 0 spiro atoms. The number of ether oxygens (including phenoxy) is 1. The minimum Gasteiger partial charge on any atom is -0.375 e. The van der Waals surface area contributed by atoms with Crippen molar-refractivity contribution >= 4 is 0 Å². The minimum atomic E-state index is -5.41. The molecule has 0 aliphatic heterocycles. The molecule has 7 heteroatoms. The molecule has 16 heavy (non-hydrogen) atoms. The number of halogens is 6. The standard InChI is InChI=1S/C9H14F6O/c1-3-4-5-16-6-8(12,13)9(14,15)7(2,10)11/h3-6H2,1-2H3. The van der Waals surface area contributed by atoms with E-state index in [2.05, 4.69) is 4.74 Å². The molecule has 0 aromatic carbocycles. The van der Waals surface area contributed by atoms with Gasteiger partial charge in [-0.1, -0.05) is 13.3 Å². The lowest BCUT2D eigenvalue weighted by Crippen LogP contribution is -2.54. The van der Waals surface area contributed by atoms with E-state index in [1.807, 2.05) is 0 Å². The molecule has 0 saturated carbocycles. The summed E-state index contributed by atoms with van der Waals surface area (Å²) < 4.78 is 79.6. The normalized spacial score (nSPS) is 14.2. The topological polar surface area (TPSA) is 9.23 Å². The van der Waals surface area contributed by atoms with E-state index in [9.17, 15) is 26.3 Å². The van der Waals surface area contributed by atoms with Gasteiger partial charge in [-0.05, 0) is 6.42 Å². The summed E-state index contributed by atoms with van der Waals surface area (Å²) in [7, 11) is 0. The zero-order valence-corrected chi connectivity index (χ0v) is 9.00. The van der Waals surface area contributed by atoms with Crippen molar-refractivity contribution < 1.29 is 31.1 Å². The Balaban J connectivity index is 4.41. The third-order valence-corrected chi connectivity index (χ3v) is 1.94. The van der Waals surface area contributed by atoms with E-state index in [1.165, 1.54) is 0 Å². The Hall–Kier alpha value is -0.460. The van der Waals surface area contributed by atoms with Crippen LogP contribution >= 0.6 is 0 Å². The summed E-state index contributed by atoms with van der Waals surface area (Å²) in [5.74, 6) is -15.1. The van der Waals surface area contributed by atoms with E-state index in [-0.39, 0.29) is 13.5 Å². The van der Waals surface area contributed by atoms with Crippen LogP contribution in [0.15, 0.2) is 0 Å². The molecule has 0 aliphatic carbocycles. The van der Waals surface area contributed by atoms with Crippen LogP contribution < -0.4 is 0 Å². The van der Waals surface area contributed by atoms with Gasteiger partial charge in [0.2, 0.25) is 0 Å². The predicted octanol–water partition coefficient (Wildman–Crippen LogP) is 3.73. The quantitative estimate of drug-likeness (QED) is 0.495. The van der Waals surface area contributed by atoms with Crippen LogP contribution in [0.25, 0.3) is 0 Å². The Labute approximate surface area is 89.8 Å². The lowest BCUT2D eigenvalue weighted by atomic mass is 10.1. The van der Waals surface area contributed by atoms with E-state index >= 15 is 0 Å². The van der Waals surface area contributed by atoms with Crippen LogP contribution in [-0.2, 0) is 4.74 Å². The second-order valence-electron chi connectivity index (χ2n) is 3.57. The largest absolute Gasteiger partial charge is 0.375 e. The van der Waals surface area contributed by atoms with Crippen molar-refractivity contribution in [1.82, 2.24) is 0 Å². The second-order valence-corrected chi connectivity index (χ2v) is 3.57. The molecule has 98 valence electrons. The molecule has 0 rings (SSSR count). The monoisotopic (exact) mass is 252 g/mol. The molecule has 0 N–H and O–H groups in total. The molecule has 0 unspecified atom stereocenters. The van der Waals surface area contributed by atoms with Crippen LogP contribution in [0.3, 0.4) is 0 Å². The first-order valence-corrected chi connectivity index (χ1v) is 4.77. The van der Waals surface area contributed by atoms with E-state index in [0.717, 1.165) is 0 Å². The van der Waals surface area contributed by atoms with Gasteiger partial charge in [-0.25, -0.2) is 0 Å². The van der Waals surface area contributed by atoms with Crippen molar-refractivity contribution in [2.45, 2.75) is 44.5 Å². The fraction of sp³-hybridized carbons (Fsp3) is 1.00. The van der Waals surface area contributed by atoms with Crippen molar-refractivity contribution in [3.05, 3.63) is 0 Å². The van der Waals surface area contributed by atoms with Crippen molar-refractivity contribution in [2.24, 2.45) is 0 Å². The van der Waals surface area contributed by atoms with Crippen molar-refractivity contribution in [1.29, 1.82) is 0 Å². The van der Waals surface area contributed by atoms with Gasteiger partial charge in [0.1, 0.15) is 6.61 Å². The summed E-state index contributed by atoms with van der Waals surface area (Å²) in [5, 5.41) is 0. The molecule has 0 radical (unpaired) electrons. The molecule has 0 amide bonds. The highest BCUT2D eigenvalue weighted by molar-refractivity contribution is 4.93. The summed E-state index contributed by atoms with van der Waals surface area (Å²) in [4.78, 5) is 0. The zero-order valence-electron chi connectivity index (χ0n) is 9.00. The first-order valence-electron chi connectivity index (χ1n) is 4.77. The van der Waals surface area contributed by atoms with E-state index < -0.39 is 24.4 Å². The first kappa shape index (κ1) is 15.5. The van der Waals surface area contributed by atoms with E-state index in [4.69, 9.17) is 0 Å². The van der Waals surface area contributed by atoms with Gasteiger partial charge in [0.05, 0.1) is 0 Å². The number of unbranched alkanes of at least 4 members (excludes halogenated alkanes) is 1. The molecule has 0 atom stereocenters. The molecule has 0 fully saturated rings. The molecule has 0 aromatic heterocycles. The van der Waals surface area contributed by atoms with Gasteiger partial charge in [-0.15, -0.1) is 0 Å². The third kappa shape index (κ3) is 3.54. The molecule has 0 bridgehead atoms. The second kappa shape index (κ2) is 5.25. The van der Waals surface area contributed by atoms with Crippen LogP contribution in [0.4, 0.5) is 26.3 Å². The maximum atomic E-state index is 12.8. The van der Waals surface area contributed by atoms with Gasteiger partial charge in [0.15, 0.2) is 0 Å². The van der Waals surface area contributed by atoms with Crippen LogP contribution in [0.2, 0.25) is 0 Å². The van der Waals surface area contributed by atoms with Crippen LogP contribution in [0.1, 0.15) is 26.7 Å². The molecular weight excluding hydrogens is 238 g/mol. The molecular formula is C9H14F6O. The van der Waals surface area contributed by atoms with Gasteiger partial charge >= 0.3 is 17.8 Å². The number of hydrogen-bond acceptors (Lipinski definition) is 1. The van der Waals surface area contributed by atoms with Gasteiger partial charge < -0.3 is 4.74 Å². The maximum absolute atomic E-state index is 12.8. The summed E-state index contributed by atoms with van der Waals surface area (Å²) in [6.07, 6.45) is 1.04. The third-order valence-electron chi connectivity index (χ3n) is 1.94. The fourth-order valence-electron chi connectivity index (χ4n) is 0.859. The van der Waals surface area contributed by atoms with Crippen LogP contribution in [-0.4, -0.2) is 31.0 Å². The highest BCUT2D eigenvalue weighted by Gasteiger charge is 2.69. The van der Waals surface area contributed by atoms with Gasteiger partial charge in [0.25, 0.3) is 0 Å². The van der Waals surface area contributed by atoms with E-state index in [0.29, 0.717) is 12.8 Å². The Kier molecular flexibility index (Phi) is 5.10. The Morgan fingerprint density at radius 1 is 1.00 bits per heavy atom. The van der Waals surface area contributed by atoms with Gasteiger partial charge in [-0.2, -0.15) is 26.3 Å². The van der Waals surface area contributed by atoms with Crippen molar-refractivity contribution in [3.63, 3.8) is 0 Å². The van der Waals surface area contributed by atoms with Crippen molar-refractivity contribution in [3.8, 4) is 0 Å². The Bertz CT molecular complexity index is 211. The van der Waals surface area contributed by atoms with Crippen LogP contribution in [0, 0.1) is 0 Å².